The summed E-state index contributed by atoms with van der Waals surface area (Å²) >= 11 is 1.28. The number of thiazole rings is 1. The second-order valence-corrected chi connectivity index (χ2v) is 9.63. The van der Waals surface area contributed by atoms with Crippen LogP contribution in [0.25, 0.3) is 11.0 Å². The third kappa shape index (κ3) is 5.16. The Morgan fingerprint density at radius 3 is 2.75 bits per heavy atom. The van der Waals surface area contributed by atoms with Gasteiger partial charge in [0.25, 0.3) is 5.56 Å². The molecule has 0 fully saturated rings. The molecule has 0 saturated carbocycles. The Labute approximate surface area is 213 Å². The SMILES string of the molecule is CCCCCCCOc1ccc(/C=c2\sc3nc(C4COc5ccccc5O4)nn3c2=O)cc1OC. The molecule has 0 spiro atoms. The van der Waals surface area contributed by atoms with Crippen LogP contribution in [0.3, 0.4) is 0 Å². The number of aromatic nitrogens is 3. The Morgan fingerprint density at radius 1 is 1.11 bits per heavy atom. The lowest BCUT2D eigenvalue weighted by molar-refractivity contribution is 0.0852. The first-order valence-corrected chi connectivity index (χ1v) is 13.1. The molecule has 1 unspecified atom stereocenters. The van der Waals surface area contributed by atoms with Crippen LogP contribution in [-0.2, 0) is 0 Å². The van der Waals surface area contributed by atoms with E-state index in [1.165, 1.54) is 35.1 Å². The summed E-state index contributed by atoms with van der Waals surface area (Å²) in [6, 6.07) is 13.1. The minimum atomic E-state index is -0.470. The van der Waals surface area contributed by atoms with Crippen molar-refractivity contribution in [3.63, 3.8) is 0 Å². The fourth-order valence-corrected chi connectivity index (χ4v) is 4.98. The van der Waals surface area contributed by atoms with Gasteiger partial charge >= 0.3 is 0 Å². The smallest absolute Gasteiger partial charge is 0.291 e. The fraction of sp³-hybridized carbons (Fsp3) is 0.370. The van der Waals surface area contributed by atoms with E-state index in [0.717, 1.165) is 18.4 Å². The number of unbranched alkanes of at least 4 members (excludes halogenated alkanes) is 4. The lowest BCUT2D eigenvalue weighted by Gasteiger charge is -2.24. The van der Waals surface area contributed by atoms with Gasteiger partial charge in [0.2, 0.25) is 4.96 Å². The van der Waals surface area contributed by atoms with Crippen LogP contribution in [0.5, 0.6) is 23.0 Å². The highest BCUT2D eigenvalue weighted by atomic mass is 32.1. The molecule has 5 rings (SSSR count). The molecule has 9 heteroatoms. The maximum absolute atomic E-state index is 13.0. The Balaban J connectivity index is 1.31. The number of ether oxygens (including phenoxy) is 4. The van der Waals surface area contributed by atoms with Crippen LogP contribution in [0.2, 0.25) is 0 Å². The molecule has 2 aromatic heterocycles. The summed E-state index contributed by atoms with van der Waals surface area (Å²) in [7, 11) is 1.62. The van der Waals surface area contributed by atoms with Gasteiger partial charge in [-0.3, -0.25) is 4.79 Å². The van der Waals surface area contributed by atoms with E-state index in [0.29, 0.717) is 44.9 Å². The van der Waals surface area contributed by atoms with Crippen molar-refractivity contribution in [1.29, 1.82) is 0 Å². The topological polar surface area (TPSA) is 84.2 Å². The van der Waals surface area contributed by atoms with E-state index >= 15 is 0 Å². The minimum absolute atomic E-state index is 0.225. The number of nitrogens with zero attached hydrogens (tertiary/aromatic N) is 3. The van der Waals surface area contributed by atoms with E-state index in [4.69, 9.17) is 18.9 Å². The lowest BCUT2D eigenvalue weighted by atomic mass is 10.1. The van der Waals surface area contributed by atoms with E-state index < -0.39 is 6.10 Å². The summed E-state index contributed by atoms with van der Waals surface area (Å²) in [6.07, 6.45) is 7.25. The molecule has 1 aliphatic rings. The molecule has 3 heterocycles. The van der Waals surface area contributed by atoms with Crippen LogP contribution in [0.1, 0.15) is 56.5 Å². The van der Waals surface area contributed by atoms with Crippen molar-refractivity contribution < 1.29 is 18.9 Å². The lowest BCUT2D eigenvalue weighted by Crippen LogP contribution is -2.26. The molecule has 0 aliphatic carbocycles. The third-order valence-electron chi connectivity index (χ3n) is 5.99. The molecule has 8 nitrogen and oxygen atoms in total. The Morgan fingerprint density at radius 2 is 1.94 bits per heavy atom. The molecule has 0 bridgehead atoms. The van der Waals surface area contributed by atoms with Gasteiger partial charge in [-0.25, -0.2) is 0 Å². The quantitative estimate of drug-likeness (QED) is 0.291. The van der Waals surface area contributed by atoms with Crippen molar-refractivity contribution in [1.82, 2.24) is 14.6 Å². The van der Waals surface area contributed by atoms with E-state index in [9.17, 15) is 4.79 Å². The van der Waals surface area contributed by atoms with Crippen molar-refractivity contribution in [3.05, 3.63) is 68.7 Å². The molecule has 188 valence electrons. The summed E-state index contributed by atoms with van der Waals surface area (Å²) in [6.45, 7) is 3.15. The van der Waals surface area contributed by atoms with Gasteiger partial charge in [-0.15, -0.1) is 5.10 Å². The zero-order valence-corrected chi connectivity index (χ0v) is 21.3. The van der Waals surface area contributed by atoms with Gasteiger partial charge < -0.3 is 18.9 Å². The molecular weight excluding hydrogens is 478 g/mol. The molecule has 0 N–H and O–H groups in total. The number of hydrogen-bond acceptors (Lipinski definition) is 8. The molecule has 1 atom stereocenters. The highest BCUT2D eigenvalue weighted by Gasteiger charge is 2.27. The maximum Gasteiger partial charge on any atom is 0.291 e. The molecule has 0 radical (unpaired) electrons. The molecule has 4 aromatic rings. The molecular formula is C27H29N3O5S. The number of benzene rings is 2. The van der Waals surface area contributed by atoms with Gasteiger partial charge in [0, 0.05) is 0 Å². The normalized spacial score (nSPS) is 15.4. The van der Waals surface area contributed by atoms with Gasteiger partial charge in [0.05, 0.1) is 18.2 Å². The van der Waals surface area contributed by atoms with Gasteiger partial charge in [0.15, 0.2) is 34.9 Å². The second-order valence-electron chi connectivity index (χ2n) is 8.62. The van der Waals surface area contributed by atoms with Crippen LogP contribution in [0.15, 0.2) is 47.3 Å². The van der Waals surface area contributed by atoms with Crippen molar-refractivity contribution in [2.75, 3.05) is 20.3 Å². The minimum Gasteiger partial charge on any atom is -0.493 e. The average Bonchev–Trinajstić information content (AvgIpc) is 3.45. The number of methoxy groups -OCH3 is 1. The second kappa shape index (κ2) is 11.0. The largest absolute Gasteiger partial charge is 0.493 e. The van der Waals surface area contributed by atoms with Gasteiger partial charge in [-0.2, -0.15) is 9.50 Å². The van der Waals surface area contributed by atoms with Crippen molar-refractivity contribution in [3.8, 4) is 23.0 Å². The number of hydrogen-bond donors (Lipinski definition) is 0. The highest BCUT2D eigenvalue weighted by Crippen LogP contribution is 2.35. The predicted molar refractivity (Wildman–Crippen MR) is 138 cm³/mol. The van der Waals surface area contributed by atoms with E-state index in [1.807, 2.05) is 48.5 Å². The molecule has 36 heavy (non-hydrogen) atoms. The zero-order chi connectivity index (χ0) is 24.9. The first kappa shape index (κ1) is 24.1. The summed E-state index contributed by atoms with van der Waals surface area (Å²) < 4.78 is 25.0. The standard InChI is InChI=1S/C27H29N3O5S/c1-3-4-5-6-9-14-33-20-13-12-18(15-22(20)32-2)16-24-26(31)30-27(36-24)28-25(29-30)23-17-34-19-10-7-8-11-21(19)35-23/h7-8,10-13,15-16,23H,3-6,9,14,17H2,1-2H3/b24-16-. The monoisotopic (exact) mass is 507 g/mol. The maximum atomic E-state index is 13.0. The Bertz CT molecular complexity index is 1450. The number of para-hydroxylation sites is 2. The zero-order valence-electron chi connectivity index (χ0n) is 20.4. The third-order valence-corrected chi connectivity index (χ3v) is 6.94. The van der Waals surface area contributed by atoms with E-state index in [-0.39, 0.29) is 12.2 Å². The summed E-state index contributed by atoms with van der Waals surface area (Å²) in [5, 5.41) is 4.41. The van der Waals surface area contributed by atoms with Crippen LogP contribution in [-0.4, -0.2) is 34.9 Å². The Hall–Kier alpha value is -3.59. The first-order valence-electron chi connectivity index (χ1n) is 12.3. The van der Waals surface area contributed by atoms with Crippen LogP contribution < -0.4 is 29.0 Å². The van der Waals surface area contributed by atoms with Crippen LogP contribution in [0.4, 0.5) is 0 Å². The fourth-order valence-electron chi connectivity index (χ4n) is 4.06. The van der Waals surface area contributed by atoms with Crippen molar-refractivity contribution in [2.45, 2.75) is 45.1 Å². The van der Waals surface area contributed by atoms with Crippen molar-refractivity contribution in [2.24, 2.45) is 0 Å². The molecule has 1 aliphatic heterocycles. The highest BCUT2D eigenvalue weighted by molar-refractivity contribution is 7.15. The number of rotatable bonds is 10. The average molecular weight is 508 g/mol. The predicted octanol–water partition coefficient (Wildman–Crippen LogP) is 4.57. The van der Waals surface area contributed by atoms with Crippen LogP contribution >= 0.6 is 11.3 Å². The summed E-state index contributed by atoms with van der Waals surface area (Å²) in [5.41, 5.74) is 0.613. The Kier molecular flexibility index (Phi) is 7.36. The first-order chi connectivity index (χ1) is 17.7. The van der Waals surface area contributed by atoms with Crippen molar-refractivity contribution >= 4 is 22.4 Å². The van der Waals surface area contributed by atoms with Gasteiger partial charge in [0.1, 0.15) is 6.61 Å². The number of fused-ring (bicyclic) bond motifs is 2. The van der Waals surface area contributed by atoms with Gasteiger partial charge in [-0.1, -0.05) is 62.1 Å². The van der Waals surface area contributed by atoms with Gasteiger partial charge in [-0.05, 0) is 42.3 Å². The van der Waals surface area contributed by atoms with E-state index in [1.54, 1.807) is 7.11 Å². The molecule has 2 aromatic carbocycles. The molecule has 0 saturated heterocycles. The van der Waals surface area contributed by atoms with Crippen LogP contribution in [0, 0.1) is 0 Å². The summed E-state index contributed by atoms with van der Waals surface area (Å²) in [4.78, 5) is 18.1. The summed E-state index contributed by atoms with van der Waals surface area (Å²) in [5.74, 6) is 3.10. The molecule has 0 amide bonds. The van der Waals surface area contributed by atoms with E-state index in [2.05, 4.69) is 17.0 Å².